The third-order valence-corrected chi connectivity index (χ3v) is 7.44. The highest BCUT2D eigenvalue weighted by molar-refractivity contribution is 5.97. The molecule has 12 N–H and O–H groups in total. The minimum absolute atomic E-state index is 0.0330. The number of unbranched alkanes of at least 4 members (excludes halogenated alkanes) is 1. The van der Waals surface area contributed by atoms with Gasteiger partial charge < -0.3 is 53.6 Å². The fraction of sp³-hybridized carbons (Fsp3) is 0.562. The number of nitrogens with two attached hydrogens (primary N) is 2. The van der Waals surface area contributed by atoms with Crippen LogP contribution in [0.2, 0.25) is 0 Å². The first-order valence-electron chi connectivity index (χ1n) is 16.1. The summed E-state index contributed by atoms with van der Waals surface area (Å²) in [6.07, 6.45) is 0.314. The van der Waals surface area contributed by atoms with Crippen molar-refractivity contribution in [2.45, 2.75) is 103 Å². The lowest BCUT2D eigenvalue weighted by atomic mass is 9.99. The van der Waals surface area contributed by atoms with Gasteiger partial charge in [0.05, 0.1) is 6.42 Å². The minimum atomic E-state index is -1.68. The maximum atomic E-state index is 13.6. The summed E-state index contributed by atoms with van der Waals surface area (Å²) in [4.78, 5) is 100. The number of aliphatic carboxylic acids is 1. The first kappa shape index (κ1) is 42.8. The lowest BCUT2D eigenvalue weighted by Gasteiger charge is -2.28. The fourth-order valence-electron chi connectivity index (χ4n) is 4.63. The molecule has 0 bridgehead atoms. The molecule has 6 atom stereocenters. The standard InChI is InChI=1S/C32H50N8O10/c1-16(2)26(40-31(49)24(15-25(43)44)38-29(47)18(4)36-28(46)17(3)35-19(5)41)32(50)39-23(14-20-9-11-21(42)12-10-20)30(48)37-22(27(34)45)8-6-7-13-33/h9-12,16-18,22-24,26,42H,6-8,13-15,33H2,1-5H3,(H2,34,45)(H,35,41)(H,36,46)(H,37,48)(H,38,47)(H,39,50)(H,40,49)(H,43,44)/t17-,18-,22-,23-,24-,26-/m0/s1. The van der Waals surface area contributed by atoms with E-state index in [4.69, 9.17) is 11.5 Å². The number of amides is 7. The Bertz CT molecular complexity index is 1370. The second kappa shape index (κ2) is 21.0. The van der Waals surface area contributed by atoms with Gasteiger partial charge in [-0.2, -0.15) is 0 Å². The Hall–Kier alpha value is -5.26. The smallest absolute Gasteiger partial charge is 0.305 e. The second-order valence-electron chi connectivity index (χ2n) is 12.2. The summed E-state index contributed by atoms with van der Waals surface area (Å²) in [7, 11) is 0. The van der Waals surface area contributed by atoms with E-state index in [2.05, 4.69) is 31.9 Å². The highest BCUT2D eigenvalue weighted by Gasteiger charge is 2.34. The molecule has 0 heterocycles. The molecule has 1 aromatic carbocycles. The molecular formula is C32H50N8O10. The SMILES string of the molecule is CC(=O)N[C@@H](C)C(=O)N[C@@H](C)C(=O)N[C@@H](CC(=O)O)C(=O)N[C@H](C(=O)N[C@@H](Cc1ccc(O)cc1)C(=O)N[C@@H](CCCCN)C(N)=O)C(C)C. The Labute approximate surface area is 290 Å². The molecule has 7 amide bonds. The van der Waals surface area contributed by atoms with Gasteiger partial charge in [0.2, 0.25) is 41.4 Å². The first-order chi connectivity index (χ1) is 23.4. The van der Waals surface area contributed by atoms with E-state index in [-0.39, 0.29) is 18.6 Å². The number of phenolic OH excluding ortho intramolecular Hbond substituents is 1. The monoisotopic (exact) mass is 706 g/mol. The van der Waals surface area contributed by atoms with Crippen LogP contribution in [-0.2, 0) is 44.8 Å². The summed E-state index contributed by atoms with van der Waals surface area (Å²) < 4.78 is 0. The van der Waals surface area contributed by atoms with E-state index in [1.54, 1.807) is 13.8 Å². The van der Waals surface area contributed by atoms with E-state index < -0.39 is 95.9 Å². The highest BCUT2D eigenvalue weighted by Crippen LogP contribution is 2.13. The fourth-order valence-corrected chi connectivity index (χ4v) is 4.63. The zero-order chi connectivity index (χ0) is 38.1. The average Bonchev–Trinajstić information content (AvgIpc) is 3.02. The van der Waals surface area contributed by atoms with Gasteiger partial charge in [0.15, 0.2) is 0 Å². The largest absolute Gasteiger partial charge is 0.508 e. The van der Waals surface area contributed by atoms with E-state index >= 15 is 0 Å². The van der Waals surface area contributed by atoms with Crippen molar-refractivity contribution in [2.75, 3.05) is 6.54 Å². The van der Waals surface area contributed by atoms with Crippen LogP contribution in [0.15, 0.2) is 24.3 Å². The molecule has 0 aliphatic carbocycles. The summed E-state index contributed by atoms with van der Waals surface area (Å²) in [5, 5.41) is 33.7. The molecule has 0 radical (unpaired) electrons. The van der Waals surface area contributed by atoms with Crippen LogP contribution in [0.5, 0.6) is 5.75 Å². The van der Waals surface area contributed by atoms with Gasteiger partial charge in [-0.3, -0.25) is 38.4 Å². The molecule has 0 aliphatic rings. The van der Waals surface area contributed by atoms with Crippen molar-refractivity contribution in [3.05, 3.63) is 29.8 Å². The third-order valence-electron chi connectivity index (χ3n) is 7.44. The summed E-state index contributed by atoms with van der Waals surface area (Å²) in [5.74, 6) is -7.61. The number of carboxylic acid groups (broad SMARTS) is 1. The lowest BCUT2D eigenvalue weighted by Crippen LogP contribution is -2.60. The number of benzene rings is 1. The van der Waals surface area contributed by atoms with E-state index in [9.17, 15) is 48.6 Å². The lowest BCUT2D eigenvalue weighted by molar-refractivity contribution is -0.141. The molecule has 18 heteroatoms. The molecule has 0 spiro atoms. The number of carbonyl (C=O) groups is 8. The average molecular weight is 707 g/mol. The number of carbonyl (C=O) groups excluding carboxylic acids is 7. The van der Waals surface area contributed by atoms with Crippen molar-refractivity contribution in [1.82, 2.24) is 31.9 Å². The molecule has 1 aromatic rings. The molecule has 50 heavy (non-hydrogen) atoms. The topological polar surface area (TPSA) is 301 Å². The van der Waals surface area contributed by atoms with Crippen molar-refractivity contribution < 1.29 is 48.6 Å². The van der Waals surface area contributed by atoms with E-state index in [1.807, 2.05) is 0 Å². The van der Waals surface area contributed by atoms with Crippen LogP contribution in [0, 0.1) is 5.92 Å². The predicted octanol–water partition coefficient (Wildman–Crippen LogP) is -2.35. The second-order valence-corrected chi connectivity index (χ2v) is 12.2. The van der Waals surface area contributed by atoms with Gasteiger partial charge in [0.25, 0.3) is 0 Å². The van der Waals surface area contributed by atoms with Crippen LogP contribution in [0.1, 0.15) is 65.9 Å². The Balaban J connectivity index is 3.20. The van der Waals surface area contributed by atoms with Crippen LogP contribution >= 0.6 is 0 Å². The molecule has 0 aromatic heterocycles. The minimum Gasteiger partial charge on any atom is -0.508 e. The van der Waals surface area contributed by atoms with E-state index in [0.717, 1.165) is 0 Å². The normalized spacial score (nSPS) is 14.5. The zero-order valence-electron chi connectivity index (χ0n) is 28.9. The van der Waals surface area contributed by atoms with Gasteiger partial charge in [-0.25, -0.2) is 0 Å². The number of primary amides is 1. The molecule has 0 saturated carbocycles. The molecule has 1 rings (SSSR count). The number of aromatic hydroxyl groups is 1. The van der Waals surface area contributed by atoms with Crippen LogP contribution in [0.25, 0.3) is 0 Å². The van der Waals surface area contributed by atoms with Crippen LogP contribution < -0.4 is 43.4 Å². The Morgan fingerprint density at radius 3 is 1.72 bits per heavy atom. The molecule has 18 nitrogen and oxygen atoms in total. The van der Waals surface area contributed by atoms with Crippen molar-refractivity contribution in [2.24, 2.45) is 17.4 Å². The molecule has 0 unspecified atom stereocenters. The van der Waals surface area contributed by atoms with Crippen molar-refractivity contribution in [3.8, 4) is 5.75 Å². The summed E-state index contributed by atoms with van der Waals surface area (Å²) in [5.41, 5.74) is 11.6. The first-order valence-corrected chi connectivity index (χ1v) is 16.1. The maximum absolute atomic E-state index is 13.6. The third kappa shape index (κ3) is 15.3. The van der Waals surface area contributed by atoms with Gasteiger partial charge in [-0.05, 0) is 63.3 Å². The molecular weight excluding hydrogens is 656 g/mol. The Morgan fingerprint density at radius 2 is 1.20 bits per heavy atom. The van der Waals surface area contributed by atoms with Gasteiger partial charge in [-0.15, -0.1) is 0 Å². The van der Waals surface area contributed by atoms with E-state index in [1.165, 1.54) is 45.0 Å². The summed E-state index contributed by atoms with van der Waals surface area (Å²) in [6, 6.07) is -1.77. The number of hydrogen-bond acceptors (Lipinski definition) is 10. The van der Waals surface area contributed by atoms with Crippen molar-refractivity contribution in [3.63, 3.8) is 0 Å². The van der Waals surface area contributed by atoms with Crippen molar-refractivity contribution >= 4 is 47.3 Å². The van der Waals surface area contributed by atoms with Gasteiger partial charge >= 0.3 is 5.97 Å². The summed E-state index contributed by atoms with van der Waals surface area (Å²) in [6.45, 7) is 7.41. The number of hydrogen-bond donors (Lipinski definition) is 10. The maximum Gasteiger partial charge on any atom is 0.305 e. The zero-order valence-corrected chi connectivity index (χ0v) is 28.9. The molecule has 0 fully saturated rings. The molecule has 0 aliphatic heterocycles. The molecule has 0 saturated heterocycles. The predicted molar refractivity (Wildman–Crippen MR) is 180 cm³/mol. The summed E-state index contributed by atoms with van der Waals surface area (Å²) >= 11 is 0. The highest BCUT2D eigenvalue weighted by atomic mass is 16.4. The number of nitrogens with one attached hydrogen (secondary N) is 6. The molecule has 278 valence electrons. The van der Waals surface area contributed by atoms with Crippen molar-refractivity contribution in [1.29, 1.82) is 0 Å². The Kier molecular flexibility index (Phi) is 17.9. The number of rotatable bonds is 21. The van der Waals surface area contributed by atoms with E-state index in [0.29, 0.717) is 24.9 Å². The van der Waals surface area contributed by atoms with Gasteiger partial charge in [0.1, 0.15) is 42.0 Å². The number of carboxylic acids is 1. The van der Waals surface area contributed by atoms with Crippen LogP contribution in [0.4, 0.5) is 0 Å². The quantitative estimate of drug-likeness (QED) is 0.0604. The van der Waals surface area contributed by atoms with Gasteiger partial charge in [0, 0.05) is 13.3 Å². The van der Waals surface area contributed by atoms with Crippen LogP contribution in [-0.4, -0.2) is 100 Å². The van der Waals surface area contributed by atoms with Gasteiger partial charge in [-0.1, -0.05) is 26.0 Å². The Morgan fingerprint density at radius 1 is 0.680 bits per heavy atom. The van der Waals surface area contributed by atoms with Crippen LogP contribution in [0.3, 0.4) is 0 Å². The number of phenols is 1.